The van der Waals surface area contributed by atoms with E-state index in [2.05, 4.69) is 10.6 Å². The van der Waals surface area contributed by atoms with Gasteiger partial charge in [-0.3, -0.25) is 4.79 Å². The fourth-order valence-electron chi connectivity index (χ4n) is 2.91. The first-order valence-corrected chi connectivity index (χ1v) is 8.57. The molecule has 0 unspecified atom stereocenters. The third-order valence-corrected chi connectivity index (χ3v) is 4.47. The number of urea groups is 1. The van der Waals surface area contributed by atoms with E-state index < -0.39 is 0 Å². The van der Waals surface area contributed by atoms with Gasteiger partial charge in [-0.25, -0.2) is 4.79 Å². The molecule has 0 atom stereocenters. The molecule has 2 N–H and O–H groups in total. The molecule has 0 saturated carbocycles. The van der Waals surface area contributed by atoms with E-state index in [-0.39, 0.29) is 11.9 Å². The van der Waals surface area contributed by atoms with Crippen LogP contribution in [0.1, 0.15) is 24.8 Å². The summed E-state index contributed by atoms with van der Waals surface area (Å²) in [7, 11) is 3.62. The lowest BCUT2D eigenvalue weighted by Crippen LogP contribution is -2.45. The number of carbonyl (C=O) groups is 2. The fourth-order valence-corrected chi connectivity index (χ4v) is 2.91. The first-order chi connectivity index (χ1) is 11.6. The predicted molar refractivity (Wildman–Crippen MR) is 94.6 cm³/mol. The van der Waals surface area contributed by atoms with Crippen molar-refractivity contribution in [2.75, 3.05) is 33.7 Å². The van der Waals surface area contributed by atoms with Crippen LogP contribution in [-0.4, -0.2) is 61.5 Å². The quantitative estimate of drug-likeness (QED) is 0.828. The maximum absolute atomic E-state index is 12.2. The smallest absolute Gasteiger partial charge is 0.317 e. The van der Waals surface area contributed by atoms with E-state index in [9.17, 15) is 9.59 Å². The van der Waals surface area contributed by atoms with Crippen molar-refractivity contribution in [3.8, 4) is 0 Å². The Morgan fingerprint density at radius 1 is 1.17 bits per heavy atom. The van der Waals surface area contributed by atoms with Crippen LogP contribution >= 0.6 is 0 Å². The molecule has 0 radical (unpaired) electrons. The number of nitrogens with zero attached hydrogens (tertiary/aromatic N) is 2. The van der Waals surface area contributed by atoms with Gasteiger partial charge in [0.1, 0.15) is 0 Å². The molecular weight excluding hydrogens is 304 g/mol. The molecule has 1 aliphatic heterocycles. The summed E-state index contributed by atoms with van der Waals surface area (Å²) < 4.78 is 0. The molecule has 0 bridgehead atoms. The SMILES string of the molecule is CN(Cc1ccccc1)C(=O)NCCC(=O)N(C)C1CCNCC1. The molecule has 24 heavy (non-hydrogen) atoms. The first-order valence-electron chi connectivity index (χ1n) is 8.57. The lowest BCUT2D eigenvalue weighted by Gasteiger charge is -2.31. The van der Waals surface area contributed by atoms with Crippen LogP contribution in [0.2, 0.25) is 0 Å². The summed E-state index contributed by atoms with van der Waals surface area (Å²) in [5.41, 5.74) is 1.08. The van der Waals surface area contributed by atoms with Crippen LogP contribution in [0.4, 0.5) is 4.79 Å². The van der Waals surface area contributed by atoms with Gasteiger partial charge in [-0.1, -0.05) is 30.3 Å². The molecule has 1 heterocycles. The second-order valence-corrected chi connectivity index (χ2v) is 6.31. The van der Waals surface area contributed by atoms with E-state index in [1.165, 1.54) is 0 Å². The van der Waals surface area contributed by atoms with Crippen molar-refractivity contribution in [2.24, 2.45) is 0 Å². The number of hydrogen-bond donors (Lipinski definition) is 2. The number of benzene rings is 1. The standard InChI is InChI=1S/C18H28N4O2/c1-21(14-15-6-4-3-5-7-15)18(24)20-13-10-17(23)22(2)16-8-11-19-12-9-16/h3-7,16,19H,8-14H2,1-2H3,(H,20,24). The largest absolute Gasteiger partial charge is 0.343 e. The highest BCUT2D eigenvalue weighted by Gasteiger charge is 2.21. The Morgan fingerprint density at radius 3 is 2.50 bits per heavy atom. The summed E-state index contributed by atoms with van der Waals surface area (Å²) in [6.07, 6.45) is 2.33. The number of amides is 3. The maximum atomic E-state index is 12.2. The number of nitrogens with one attached hydrogen (secondary N) is 2. The number of carbonyl (C=O) groups excluding carboxylic acids is 2. The summed E-state index contributed by atoms with van der Waals surface area (Å²) in [6.45, 7) is 2.84. The van der Waals surface area contributed by atoms with Gasteiger partial charge < -0.3 is 20.4 Å². The number of hydrogen-bond acceptors (Lipinski definition) is 3. The molecule has 0 spiro atoms. The van der Waals surface area contributed by atoms with Crippen molar-refractivity contribution in [1.29, 1.82) is 0 Å². The van der Waals surface area contributed by atoms with Crippen LogP contribution in [0.15, 0.2) is 30.3 Å². The van der Waals surface area contributed by atoms with E-state index in [1.807, 2.05) is 42.3 Å². The highest BCUT2D eigenvalue weighted by atomic mass is 16.2. The van der Waals surface area contributed by atoms with Gasteiger partial charge >= 0.3 is 6.03 Å². The third kappa shape index (κ3) is 5.53. The lowest BCUT2D eigenvalue weighted by atomic mass is 10.1. The van der Waals surface area contributed by atoms with E-state index in [1.54, 1.807) is 11.9 Å². The fraction of sp³-hybridized carbons (Fsp3) is 0.556. The second-order valence-electron chi connectivity index (χ2n) is 6.31. The summed E-state index contributed by atoms with van der Waals surface area (Å²) in [5.74, 6) is 0.0907. The Labute approximate surface area is 144 Å². The highest BCUT2D eigenvalue weighted by molar-refractivity contribution is 5.78. The van der Waals surface area contributed by atoms with Gasteiger partial charge in [-0.15, -0.1) is 0 Å². The summed E-state index contributed by atoms with van der Waals surface area (Å²) >= 11 is 0. The van der Waals surface area contributed by atoms with Crippen LogP contribution in [0.25, 0.3) is 0 Å². The molecule has 3 amide bonds. The number of piperidine rings is 1. The van der Waals surface area contributed by atoms with Gasteiger partial charge in [-0.2, -0.15) is 0 Å². The van der Waals surface area contributed by atoms with Crippen LogP contribution < -0.4 is 10.6 Å². The van der Waals surface area contributed by atoms with E-state index in [0.29, 0.717) is 25.6 Å². The maximum Gasteiger partial charge on any atom is 0.317 e. The van der Waals surface area contributed by atoms with Crippen LogP contribution in [-0.2, 0) is 11.3 Å². The Morgan fingerprint density at radius 2 is 1.83 bits per heavy atom. The molecule has 0 aliphatic carbocycles. The van der Waals surface area contributed by atoms with Crippen molar-refractivity contribution in [2.45, 2.75) is 31.8 Å². The normalized spacial score (nSPS) is 14.9. The molecule has 6 nitrogen and oxygen atoms in total. The topological polar surface area (TPSA) is 64.7 Å². The van der Waals surface area contributed by atoms with Gasteiger partial charge in [0.15, 0.2) is 0 Å². The Bertz CT molecular complexity index is 529. The lowest BCUT2D eigenvalue weighted by molar-refractivity contribution is -0.132. The minimum Gasteiger partial charge on any atom is -0.343 e. The Hall–Kier alpha value is -2.08. The summed E-state index contributed by atoms with van der Waals surface area (Å²) in [6, 6.07) is 10.00. The second kappa shape index (κ2) is 9.27. The zero-order valence-corrected chi connectivity index (χ0v) is 14.6. The summed E-state index contributed by atoms with van der Waals surface area (Å²) in [5, 5.41) is 6.12. The van der Waals surface area contributed by atoms with Crippen molar-refractivity contribution in [1.82, 2.24) is 20.4 Å². The van der Waals surface area contributed by atoms with Crippen molar-refractivity contribution >= 4 is 11.9 Å². The summed E-state index contributed by atoms with van der Waals surface area (Å²) in [4.78, 5) is 27.8. The van der Waals surface area contributed by atoms with E-state index in [0.717, 1.165) is 31.5 Å². The first kappa shape index (κ1) is 18.3. The zero-order valence-electron chi connectivity index (χ0n) is 14.6. The molecule has 2 rings (SSSR count). The third-order valence-electron chi connectivity index (χ3n) is 4.47. The molecule has 1 aromatic carbocycles. The Kier molecular flexibility index (Phi) is 7.06. The van der Waals surface area contributed by atoms with Gasteiger partial charge in [0, 0.05) is 39.6 Å². The minimum absolute atomic E-state index is 0.0907. The van der Waals surface area contributed by atoms with Crippen LogP contribution in [0.5, 0.6) is 0 Å². The molecule has 132 valence electrons. The van der Waals surface area contributed by atoms with E-state index >= 15 is 0 Å². The van der Waals surface area contributed by atoms with Gasteiger partial charge in [-0.05, 0) is 31.5 Å². The molecule has 1 aromatic rings. The van der Waals surface area contributed by atoms with Crippen LogP contribution in [0.3, 0.4) is 0 Å². The molecule has 1 aliphatic rings. The van der Waals surface area contributed by atoms with Crippen molar-refractivity contribution in [3.63, 3.8) is 0 Å². The van der Waals surface area contributed by atoms with Crippen molar-refractivity contribution < 1.29 is 9.59 Å². The monoisotopic (exact) mass is 332 g/mol. The molecule has 1 fully saturated rings. The zero-order chi connectivity index (χ0) is 17.4. The van der Waals surface area contributed by atoms with Crippen LogP contribution in [0, 0.1) is 0 Å². The predicted octanol–water partition coefficient (Wildman–Crippen LogP) is 1.43. The van der Waals surface area contributed by atoms with Gasteiger partial charge in [0.05, 0.1) is 0 Å². The minimum atomic E-state index is -0.156. The number of rotatable bonds is 6. The molecular formula is C18H28N4O2. The molecule has 6 heteroatoms. The van der Waals surface area contributed by atoms with E-state index in [4.69, 9.17) is 0 Å². The average Bonchev–Trinajstić information content (AvgIpc) is 2.62. The van der Waals surface area contributed by atoms with Gasteiger partial charge in [0.2, 0.25) is 5.91 Å². The average molecular weight is 332 g/mol. The molecule has 0 aromatic heterocycles. The Balaban J connectivity index is 1.68. The molecule has 1 saturated heterocycles. The van der Waals surface area contributed by atoms with Crippen molar-refractivity contribution in [3.05, 3.63) is 35.9 Å². The van der Waals surface area contributed by atoms with Gasteiger partial charge in [0.25, 0.3) is 0 Å². The highest BCUT2D eigenvalue weighted by Crippen LogP contribution is 2.10.